The van der Waals surface area contributed by atoms with Crippen LogP contribution in [0.25, 0.3) is 0 Å². The van der Waals surface area contributed by atoms with Gasteiger partial charge in [0.25, 0.3) is 5.91 Å². The van der Waals surface area contributed by atoms with Gasteiger partial charge in [0.1, 0.15) is 5.82 Å². The lowest BCUT2D eigenvalue weighted by molar-refractivity contribution is -0.125. The molecule has 6 heteroatoms. The average molecular weight is 381 g/mol. The van der Waals surface area contributed by atoms with E-state index in [1.165, 1.54) is 12.1 Å². The summed E-state index contributed by atoms with van der Waals surface area (Å²) in [6.07, 6.45) is 1.30. The lowest BCUT2D eigenvalue weighted by Gasteiger charge is -2.34. The van der Waals surface area contributed by atoms with Crippen LogP contribution in [0.15, 0.2) is 54.6 Å². The number of nitrogens with one attached hydrogen (secondary N) is 1. The first-order chi connectivity index (χ1) is 13.6. The van der Waals surface area contributed by atoms with Crippen molar-refractivity contribution < 1.29 is 14.0 Å². The Bertz CT molecular complexity index is 858. The molecule has 5 nitrogen and oxygen atoms in total. The SMILES string of the molecule is O=C1NCCN(c2ccccc2)[C@H]2CCN(C(=O)c3cccc(F)c3)CC[C@@H]12. The lowest BCUT2D eigenvalue weighted by Crippen LogP contribution is -2.43. The number of carbonyl (C=O) groups is 2. The molecule has 2 aliphatic rings. The number of benzene rings is 2. The Morgan fingerprint density at radius 2 is 1.79 bits per heavy atom. The number of amides is 2. The van der Waals surface area contributed by atoms with Crippen LogP contribution >= 0.6 is 0 Å². The van der Waals surface area contributed by atoms with E-state index in [1.807, 2.05) is 18.2 Å². The minimum absolute atomic E-state index is 0.0372. The normalized spacial score (nSPS) is 22.7. The first kappa shape index (κ1) is 18.5. The average Bonchev–Trinajstić information content (AvgIpc) is 3.02. The smallest absolute Gasteiger partial charge is 0.253 e. The molecule has 0 saturated carbocycles. The molecule has 146 valence electrons. The summed E-state index contributed by atoms with van der Waals surface area (Å²) in [6.45, 7) is 2.40. The molecule has 2 fully saturated rings. The molecule has 0 radical (unpaired) electrons. The third kappa shape index (κ3) is 3.72. The predicted molar refractivity (Wildman–Crippen MR) is 106 cm³/mol. The van der Waals surface area contributed by atoms with Gasteiger partial charge in [-0.2, -0.15) is 0 Å². The van der Waals surface area contributed by atoms with E-state index in [4.69, 9.17) is 0 Å². The van der Waals surface area contributed by atoms with Crippen LogP contribution in [0.5, 0.6) is 0 Å². The molecular formula is C22H24FN3O2. The minimum Gasteiger partial charge on any atom is -0.366 e. The number of nitrogens with zero attached hydrogens (tertiary/aromatic N) is 2. The first-order valence-electron chi connectivity index (χ1n) is 9.78. The monoisotopic (exact) mass is 381 g/mol. The molecule has 0 aromatic heterocycles. The lowest BCUT2D eigenvalue weighted by atomic mass is 9.92. The van der Waals surface area contributed by atoms with E-state index in [0.717, 1.165) is 12.2 Å². The fourth-order valence-electron chi connectivity index (χ4n) is 4.31. The van der Waals surface area contributed by atoms with Crippen LogP contribution in [0.4, 0.5) is 10.1 Å². The molecule has 2 atom stereocenters. The number of fused-ring (bicyclic) bond motifs is 1. The predicted octanol–water partition coefficient (Wildman–Crippen LogP) is 2.68. The Kier molecular flexibility index (Phi) is 5.28. The molecule has 0 spiro atoms. The van der Waals surface area contributed by atoms with Gasteiger partial charge in [0.05, 0.1) is 5.92 Å². The summed E-state index contributed by atoms with van der Waals surface area (Å²) in [5.74, 6) is -0.709. The highest BCUT2D eigenvalue weighted by Crippen LogP contribution is 2.29. The second-order valence-corrected chi connectivity index (χ2v) is 7.37. The van der Waals surface area contributed by atoms with E-state index < -0.39 is 5.82 Å². The van der Waals surface area contributed by atoms with Gasteiger partial charge < -0.3 is 15.1 Å². The fourth-order valence-corrected chi connectivity index (χ4v) is 4.31. The van der Waals surface area contributed by atoms with Crippen LogP contribution in [-0.2, 0) is 4.79 Å². The summed E-state index contributed by atoms with van der Waals surface area (Å²) in [5, 5.41) is 3.02. The van der Waals surface area contributed by atoms with Crippen molar-refractivity contribution in [2.24, 2.45) is 5.92 Å². The third-order valence-electron chi connectivity index (χ3n) is 5.70. The van der Waals surface area contributed by atoms with Crippen molar-refractivity contribution in [2.45, 2.75) is 18.9 Å². The zero-order chi connectivity index (χ0) is 19.5. The van der Waals surface area contributed by atoms with Gasteiger partial charge in [-0.15, -0.1) is 0 Å². The van der Waals surface area contributed by atoms with E-state index in [-0.39, 0.29) is 23.8 Å². The highest BCUT2D eigenvalue weighted by molar-refractivity contribution is 5.94. The highest BCUT2D eigenvalue weighted by atomic mass is 19.1. The molecular weight excluding hydrogens is 357 g/mol. The largest absolute Gasteiger partial charge is 0.366 e. The molecule has 2 saturated heterocycles. The molecule has 2 heterocycles. The van der Waals surface area contributed by atoms with Crippen LogP contribution in [0.3, 0.4) is 0 Å². The quantitative estimate of drug-likeness (QED) is 0.870. The molecule has 2 aliphatic heterocycles. The number of hydrogen-bond donors (Lipinski definition) is 1. The zero-order valence-electron chi connectivity index (χ0n) is 15.7. The maximum absolute atomic E-state index is 13.5. The molecule has 0 unspecified atom stereocenters. The van der Waals surface area contributed by atoms with Crippen LogP contribution in [0.2, 0.25) is 0 Å². The second kappa shape index (κ2) is 8.00. The Balaban J connectivity index is 1.57. The number of halogens is 1. The van der Waals surface area contributed by atoms with E-state index in [9.17, 15) is 14.0 Å². The Hall–Kier alpha value is -2.89. The molecule has 28 heavy (non-hydrogen) atoms. The van der Waals surface area contributed by atoms with E-state index in [1.54, 1.807) is 17.0 Å². The fraction of sp³-hybridized carbons (Fsp3) is 0.364. The topological polar surface area (TPSA) is 52.7 Å². The maximum Gasteiger partial charge on any atom is 0.253 e. The van der Waals surface area contributed by atoms with Crippen molar-refractivity contribution in [2.75, 3.05) is 31.1 Å². The maximum atomic E-state index is 13.5. The number of para-hydroxylation sites is 1. The molecule has 2 aromatic carbocycles. The first-order valence-corrected chi connectivity index (χ1v) is 9.78. The number of hydrogen-bond acceptors (Lipinski definition) is 3. The van der Waals surface area contributed by atoms with Gasteiger partial charge in [-0.25, -0.2) is 4.39 Å². The number of likely N-dealkylation sites (tertiary alicyclic amines) is 1. The number of carbonyl (C=O) groups excluding carboxylic acids is 2. The van der Waals surface area contributed by atoms with Crippen LogP contribution in [0, 0.1) is 11.7 Å². The third-order valence-corrected chi connectivity index (χ3v) is 5.70. The van der Waals surface area contributed by atoms with E-state index >= 15 is 0 Å². The summed E-state index contributed by atoms with van der Waals surface area (Å²) < 4.78 is 13.5. The van der Waals surface area contributed by atoms with Gasteiger partial charge in [-0.05, 0) is 43.2 Å². The van der Waals surface area contributed by atoms with E-state index in [0.29, 0.717) is 38.0 Å². The van der Waals surface area contributed by atoms with Gasteiger partial charge >= 0.3 is 0 Å². The summed E-state index contributed by atoms with van der Waals surface area (Å²) in [6, 6.07) is 15.9. The summed E-state index contributed by atoms with van der Waals surface area (Å²) in [4.78, 5) is 29.6. The van der Waals surface area contributed by atoms with Crippen LogP contribution in [-0.4, -0.2) is 48.9 Å². The van der Waals surface area contributed by atoms with Crippen molar-refractivity contribution >= 4 is 17.5 Å². The Labute approximate surface area is 164 Å². The van der Waals surface area contributed by atoms with Crippen molar-refractivity contribution in [1.29, 1.82) is 0 Å². The van der Waals surface area contributed by atoms with Gasteiger partial charge in [0.15, 0.2) is 0 Å². The van der Waals surface area contributed by atoms with Crippen molar-refractivity contribution in [3.8, 4) is 0 Å². The molecule has 0 aliphatic carbocycles. The minimum atomic E-state index is -0.416. The van der Waals surface area contributed by atoms with Crippen molar-refractivity contribution in [3.05, 3.63) is 66.0 Å². The molecule has 0 bridgehead atoms. The molecule has 2 aromatic rings. The van der Waals surface area contributed by atoms with Gasteiger partial charge in [-0.1, -0.05) is 24.3 Å². The standard InChI is InChI=1S/C22H24FN3O2/c23-17-6-4-5-16(15-17)22(28)25-12-9-19-20(10-13-25)26(14-11-24-21(19)27)18-7-2-1-3-8-18/h1-8,15,19-20H,9-14H2,(H,24,27)/t19-,20+/m1/s1. The number of rotatable bonds is 2. The summed E-state index contributed by atoms with van der Waals surface area (Å²) in [5.41, 5.74) is 1.45. The van der Waals surface area contributed by atoms with Crippen molar-refractivity contribution in [1.82, 2.24) is 10.2 Å². The van der Waals surface area contributed by atoms with Crippen LogP contribution < -0.4 is 10.2 Å². The molecule has 4 rings (SSSR count). The zero-order valence-corrected chi connectivity index (χ0v) is 15.7. The number of anilines is 1. The van der Waals surface area contributed by atoms with Gasteiger partial charge in [0, 0.05) is 43.5 Å². The molecule has 1 N–H and O–H groups in total. The van der Waals surface area contributed by atoms with Gasteiger partial charge in [-0.3, -0.25) is 9.59 Å². The van der Waals surface area contributed by atoms with Crippen LogP contribution in [0.1, 0.15) is 23.2 Å². The summed E-state index contributed by atoms with van der Waals surface area (Å²) >= 11 is 0. The van der Waals surface area contributed by atoms with Gasteiger partial charge in [0.2, 0.25) is 5.91 Å². The second-order valence-electron chi connectivity index (χ2n) is 7.37. The molecule has 2 amide bonds. The summed E-state index contributed by atoms with van der Waals surface area (Å²) in [7, 11) is 0. The Morgan fingerprint density at radius 3 is 2.57 bits per heavy atom. The Morgan fingerprint density at radius 1 is 1.00 bits per heavy atom. The van der Waals surface area contributed by atoms with Crippen molar-refractivity contribution in [3.63, 3.8) is 0 Å². The van der Waals surface area contributed by atoms with E-state index in [2.05, 4.69) is 22.3 Å². The highest BCUT2D eigenvalue weighted by Gasteiger charge is 2.38.